The molecule has 1 aliphatic carbocycles. The van der Waals surface area contributed by atoms with Gasteiger partial charge in [-0.15, -0.1) is 11.3 Å². The summed E-state index contributed by atoms with van der Waals surface area (Å²) in [6.45, 7) is 6.84. The molecule has 0 bridgehead atoms. The molecule has 96 valence electrons. The summed E-state index contributed by atoms with van der Waals surface area (Å²) in [5, 5.41) is 3.74. The summed E-state index contributed by atoms with van der Waals surface area (Å²) in [5.41, 5.74) is 0. The highest BCUT2D eigenvalue weighted by Crippen LogP contribution is 2.30. The van der Waals surface area contributed by atoms with Crippen LogP contribution < -0.4 is 5.32 Å². The third-order valence-electron chi connectivity index (χ3n) is 3.78. The van der Waals surface area contributed by atoms with Crippen molar-refractivity contribution in [3.8, 4) is 0 Å². The van der Waals surface area contributed by atoms with Crippen molar-refractivity contribution < 1.29 is 0 Å². The number of thiophene rings is 1. The number of nitrogens with one attached hydrogen (secondary N) is 1. The average Bonchev–Trinajstić information content (AvgIpc) is 2.57. The van der Waals surface area contributed by atoms with Gasteiger partial charge in [0.05, 0.1) is 0 Å². The first kappa shape index (κ1) is 13.1. The van der Waals surface area contributed by atoms with Gasteiger partial charge in [-0.2, -0.15) is 0 Å². The second-order valence-corrected chi connectivity index (χ2v) is 7.09. The zero-order valence-electron chi connectivity index (χ0n) is 11.3. The minimum Gasteiger partial charge on any atom is -0.311 e. The maximum atomic E-state index is 3.74. The molecule has 1 N–H and O–H groups in total. The van der Waals surface area contributed by atoms with E-state index in [1.807, 2.05) is 11.3 Å². The molecule has 1 fully saturated rings. The van der Waals surface area contributed by atoms with Gasteiger partial charge in [0.2, 0.25) is 0 Å². The van der Waals surface area contributed by atoms with Gasteiger partial charge in [-0.05, 0) is 51.7 Å². The quantitative estimate of drug-likeness (QED) is 0.800. The Morgan fingerprint density at radius 2 is 2.06 bits per heavy atom. The first-order valence-corrected chi connectivity index (χ1v) is 7.76. The van der Waals surface area contributed by atoms with Crippen molar-refractivity contribution in [1.29, 1.82) is 0 Å². The van der Waals surface area contributed by atoms with Gasteiger partial charge in [-0.25, -0.2) is 0 Å². The molecule has 1 nitrogen and oxygen atoms in total. The van der Waals surface area contributed by atoms with Crippen LogP contribution in [0.25, 0.3) is 0 Å². The van der Waals surface area contributed by atoms with Crippen LogP contribution in [0.2, 0.25) is 0 Å². The first-order chi connectivity index (χ1) is 8.13. The van der Waals surface area contributed by atoms with Crippen LogP contribution in [0, 0.1) is 12.8 Å². The molecule has 1 saturated carbocycles. The minimum atomic E-state index is 0.600. The molecule has 2 heteroatoms. The van der Waals surface area contributed by atoms with E-state index in [9.17, 15) is 0 Å². The Bertz CT molecular complexity index is 340. The Labute approximate surface area is 110 Å². The van der Waals surface area contributed by atoms with E-state index >= 15 is 0 Å². The predicted molar refractivity (Wildman–Crippen MR) is 76.8 cm³/mol. The van der Waals surface area contributed by atoms with Crippen LogP contribution in [0.4, 0.5) is 0 Å². The smallest absolute Gasteiger partial charge is 0.00894 e. The normalized spacial score (nSPS) is 19.9. The maximum absolute atomic E-state index is 3.74. The van der Waals surface area contributed by atoms with Crippen molar-refractivity contribution in [1.82, 2.24) is 5.32 Å². The van der Waals surface area contributed by atoms with Crippen LogP contribution in [0.3, 0.4) is 0 Å². The van der Waals surface area contributed by atoms with E-state index < -0.39 is 0 Å². The molecule has 17 heavy (non-hydrogen) atoms. The lowest BCUT2D eigenvalue weighted by Crippen LogP contribution is -2.37. The molecule has 0 radical (unpaired) electrons. The highest BCUT2D eigenvalue weighted by molar-refractivity contribution is 7.11. The highest BCUT2D eigenvalue weighted by atomic mass is 32.1. The molecule has 0 aliphatic heterocycles. The number of hydrogen-bond donors (Lipinski definition) is 1. The summed E-state index contributed by atoms with van der Waals surface area (Å²) in [6.07, 6.45) is 6.93. The zero-order valence-corrected chi connectivity index (χ0v) is 12.1. The van der Waals surface area contributed by atoms with Crippen molar-refractivity contribution in [2.24, 2.45) is 5.92 Å². The lowest BCUT2D eigenvalue weighted by molar-refractivity contribution is 0.259. The Morgan fingerprint density at radius 3 is 2.59 bits per heavy atom. The SMILES string of the molecule is Cc1ccc(CC(C)NC(C)CC2CCC2)s1. The summed E-state index contributed by atoms with van der Waals surface area (Å²) in [4.78, 5) is 2.94. The van der Waals surface area contributed by atoms with Gasteiger partial charge >= 0.3 is 0 Å². The van der Waals surface area contributed by atoms with E-state index in [0.717, 1.165) is 5.92 Å². The largest absolute Gasteiger partial charge is 0.311 e. The molecular weight excluding hydrogens is 226 g/mol. The van der Waals surface area contributed by atoms with E-state index in [4.69, 9.17) is 0 Å². The topological polar surface area (TPSA) is 12.0 Å². The van der Waals surface area contributed by atoms with Crippen molar-refractivity contribution in [3.05, 3.63) is 21.9 Å². The molecule has 0 aromatic carbocycles. The second kappa shape index (κ2) is 6.01. The van der Waals surface area contributed by atoms with E-state index in [1.54, 1.807) is 0 Å². The van der Waals surface area contributed by atoms with E-state index in [1.165, 1.54) is 41.9 Å². The zero-order chi connectivity index (χ0) is 12.3. The van der Waals surface area contributed by atoms with E-state index in [2.05, 4.69) is 38.2 Å². The lowest BCUT2D eigenvalue weighted by atomic mass is 9.81. The Morgan fingerprint density at radius 1 is 1.29 bits per heavy atom. The van der Waals surface area contributed by atoms with Gasteiger partial charge in [-0.3, -0.25) is 0 Å². The Balaban J connectivity index is 1.70. The van der Waals surface area contributed by atoms with Gasteiger partial charge in [-0.1, -0.05) is 19.3 Å². The molecule has 1 aliphatic rings. The third-order valence-corrected chi connectivity index (χ3v) is 4.81. The predicted octanol–water partition coefficient (Wildman–Crippen LogP) is 4.16. The first-order valence-electron chi connectivity index (χ1n) is 6.95. The number of aryl methyl sites for hydroxylation is 1. The van der Waals surface area contributed by atoms with Gasteiger partial charge < -0.3 is 5.32 Å². The van der Waals surface area contributed by atoms with Gasteiger partial charge in [0.15, 0.2) is 0 Å². The van der Waals surface area contributed by atoms with Gasteiger partial charge in [0.1, 0.15) is 0 Å². The van der Waals surface area contributed by atoms with E-state index in [-0.39, 0.29) is 0 Å². The number of hydrogen-bond acceptors (Lipinski definition) is 2. The molecule has 1 aromatic heterocycles. The molecule has 1 heterocycles. The summed E-state index contributed by atoms with van der Waals surface area (Å²) in [7, 11) is 0. The third kappa shape index (κ3) is 4.11. The monoisotopic (exact) mass is 251 g/mol. The summed E-state index contributed by atoms with van der Waals surface area (Å²) < 4.78 is 0. The summed E-state index contributed by atoms with van der Waals surface area (Å²) in [5.74, 6) is 1.01. The van der Waals surface area contributed by atoms with Crippen molar-refractivity contribution in [2.75, 3.05) is 0 Å². The molecule has 1 aromatic rings. The molecule has 0 amide bonds. The summed E-state index contributed by atoms with van der Waals surface area (Å²) in [6, 6.07) is 5.78. The van der Waals surface area contributed by atoms with E-state index in [0.29, 0.717) is 12.1 Å². The van der Waals surface area contributed by atoms with Gasteiger partial charge in [0, 0.05) is 21.8 Å². The van der Waals surface area contributed by atoms with Crippen LogP contribution in [0.15, 0.2) is 12.1 Å². The average molecular weight is 251 g/mol. The fourth-order valence-corrected chi connectivity index (χ4v) is 3.76. The molecule has 2 unspecified atom stereocenters. The van der Waals surface area contributed by atoms with Crippen LogP contribution in [0.1, 0.15) is 49.3 Å². The molecule has 2 atom stereocenters. The molecule has 0 saturated heterocycles. The molecular formula is C15H25NS. The summed E-state index contributed by atoms with van der Waals surface area (Å²) >= 11 is 1.93. The van der Waals surface area contributed by atoms with Gasteiger partial charge in [0.25, 0.3) is 0 Å². The Kier molecular flexibility index (Phi) is 4.63. The van der Waals surface area contributed by atoms with Crippen molar-refractivity contribution in [2.45, 2.75) is 65.0 Å². The fraction of sp³-hybridized carbons (Fsp3) is 0.733. The number of rotatable bonds is 6. The van der Waals surface area contributed by atoms with Crippen LogP contribution in [-0.2, 0) is 6.42 Å². The minimum absolute atomic E-state index is 0.600. The Hall–Kier alpha value is -0.340. The highest BCUT2D eigenvalue weighted by Gasteiger charge is 2.20. The van der Waals surface area contributed by atoms with Crippen LogP contribution in [-0.4, -0.2) is 12.1 Å². The fourth-order valence-electron chi connectivity index (χ4n) is 2.74. The lowest BCUT2D eigenvalue weighted by Gasteiger charge is -2.30. The second-order valence-electron chi connectivity index (χ2n) is 5.72. The van der Waals surface area contributed by atoms with Crippen LogP contribution >= 0.6 is 11.3 Å². The van der Waals surface area contributed by atoms with Crippen molar-refractivity contribution >= 4 is 11.3 Å². The standard InChI is InChI=1S/C15H25NS/c1-11(9-14-5-4-6-14)16-12(2)10-15-8-7-13(3)17-15/h7-8,11-12,14,16H,4-6,9-10H2,1-3H3. The van der Waals surface area contributed by atoms with Crippen molar-refractivity contribution in [3.63, 3.8) is 0 Å². The maximum Gasteiger partial charge on any atom is 0.00894 e. The molecule has 0 spiro atoms. The molecule has 2 rings (SSSR count). The van der Waals surface area contributed by atoms with Crippen LogP contribution in [0.5, 0.6) is 0 Å².